The molecular formula is C21H23NO5S. The van der Waals surface area contributed by atoms with Crippen LogP contribution in [0.5, 0.6) is 5.75 Å². The van der Waals surface area contributed by atoms with Crippen molar-refractivity contribution in [2.75, 3.05) is 26.3 Å². The molecule has 0 spiro atoms. The SMILES string of the molecule is Cc1ccc(OC(=O)/C=C/c2ccc(S(=O)(=O)N3CCOCC3)cc2)cc1C. The molecule has 148 valence electrons. The van der Waals surface area contributed by atoms with E-state index in [0.717, 1.165) is 11.1 Å². The molecule has 0 radical (unpaired) electrons. The zero-order valence-electron chi connectivity index (χ0n) is 15.9. The Labute approximate surface area is 165 Å². The first-order valence-corrected chi connectivity index (χ1v) is 10.5. The molecule has 1 fully saturated rings. The first-order valence-electron chi connectivity index (χ1n) is 9.01. The molecule has 0 aromatic heterocycles. The van der Waals surface area contributed by atoms with Gasteiger partial charge >= 0.3 is 5.97 Å². The molecule has 0 saturated carbocycles. The normalized spacial score (nSPS) is 15.6. The lowest BCUT2D eigenvalue weighted by molar-refractivity contribution is -0.128. The molecule has 0 atom stereocenters. The lowest BCUT2D eigenvalue weighted by atomic mass is 10.1. The second-order valence-electron chi connectivity index (χ2n) is 6.59. The summed E-state index contributed by atoms with van der Waals surface area (Å²) >= 11 is 0. The van der Waals surface area contributed by atoms with Gasteiger partial charge in [-0.15, -0.1) is 0 Å². The van der Waals surface area contributed by atoms with Gasteiger partial charge in [-0.2, -0.15) is 4.31 Å². The van der Waals surface area contributed by atoms with Gasteiger partial charge in [-0.05, 0) is 60.9 Å². The number of esters is 1. The summed E-state index contributed by atoms with van der Waals surface area (Å²) in [6, 6.07) is 11.9. The Bertz CT molecular complexity index is 974. The van der Waals surface area contributed by atoms with Gasteiger partial charge < -0.3 is 9.47 Å². The summed E-state index contributed by atoms with van der Waals surface area (Å²) in [5, 5.41) is 0. The fourth-order valence-electron chi connectivity index (χ4n) is 2.78. The number of hydrogen-bond donors (Lipinski definition) is 0. The van der Waals surface area contributed by atoms with Crippen molar-refractivity contribution < 1.29 is 22.7 Å². The third-order valence-corrected chi connectivity index (χ3v) is 6.51. The molecule has 2 aromatic rings. The van der Waals surface area contributed by atoms with E-state index in [9.17, 15) is 13.2 Å². The molecule has 1 heterocycles. The van der Waals surface area contributed by atoms with E-state index in [1.807, 2.05) is 26.0 Å². The Morgan fingerprint density at radius 3 is 2.36 bits per heavy atom. The summed E-state index contributed by atoms with van der Waals surface area (Å²) < 4.78 is 37.1. The van der Waals surface area contributed by atoms with Crippen LogP contribution in [0, 0.1) is 13.8 Å². The molecular weight excluding hydrogens is 378 g/mol. The van der Waals surface area contributed by atoms with E-state index in [2.05, 4.69) is 0 Å². The Morgan fingerprint density at radius 1 is 1.04 bits per heavy atom. The van der Waals surface area contributed by atoms with Gasteiger partial charge in [-0.25, -0.2) is 13.2 Å². The molecule has 0 aliphatic carbocycles. The molecule has 0 amide bonds. The van der Waals surface area contributed by atoms with Crippen LogP contribution in [-0.4, -0.2) is 45.0 Å². The van der Waals surface area contributed by atoms with Crippen LogP contribution >= 0.6 is 0 Å². The highest BCUT2D eigenvalue weighted by Gasteiger charge is 2.25. The van der Waals surface area contributed by atoms with Crippen LogP contribution in [0.3, 0.4) is 0 Å². The van der Waals surface area contributed by atoms with Crippen molar-refractivity contribution in [2.45, 2.75) is 18.7 Å². The molecule has 1 aliphatic heterocycles. The molecule has 0 N–H and O–H groups in total. The number of rotatable bonds is 5. The summed E-state index contributed by atoms with van der Waals surface area (Å²) in [6.45, 7) is 5.47. The van der Waals surface area contributed by atoms with Crippen LogP contribution in [0.1, 0.15) is 16.7 Å². The van der Waals surface area contributed by atoms with Gasteiger partial charge in [0.2, 0.25) is 10.0 Å². The summed E-state index contributed by atoms with van der Waals surface area (Å²) in [5.41, 5.74) is 2.88. The highest BCUT2D eigenvalue weighted by Crippen LogP contribution is 2.19. The Balaban J connectivity index is 1.64. The lowest BCUT2D eigenvalue weighted by Crippen LogP contribution is -2.40. The Hall–Kier alpha value is -2.48. The summed E-state index contributed by atoms with van der Waals surface area (Å²) in [5.74, 6) is -0.00188. The topological polar surface area (TPSA) is 72.9 Å². The van der Waals surface area contributed by atoms with Gasteiger partial charge in [0.1, 0.15) is 5.75 Å². The lowest BCUT2D eigenvalue weighted by Gasteiger charge is -2.26. The standard InChI is InChI=1S/C21H23NO5S/c1-16-3-7-19(15-17(16)2)27-21(23)10-6-18-4-8-20(9-5-18)28(24,25)22-11-13-26-14-12-22/h3-10,15H,11-14H2,1-2H3/b10-6+. The molecule has 0 unspecified atom stereocenters. The van der Waals surface area contributed by atoms with Crippen LogP contribution < -0.4 is 4.74 Å². The summed E-state index contributed by atoms with van der Waals surface area (Å²) in [7, 11) is -3.52. The van der Waals surface area contributed by atoms with Crippen molar-refractivity contribution in [3.8, 4) is 5.75 Å². The Kier molecular flexibility index (Phi) is 6.28. The number of carbonyl (C=O) groups is 1. The maximum atomic E-state index is 12.6. The molecule has 3 rings (SSSR count). The predicted octanol–water partition coefficient (Wildman–Crippen LogP) is 2.94. The quantitative estimate of drug-likeness (QED) is 0.438. The van der Waals surface area contributed by atoms with Crippen LogP contribution in [0.2, 0.25) is 0 Å². The number of carbonyl (C=O) groups excluding carboxylic acids is 1. The minimum atomic E-state index is -3.52. The zero-order chi connectivity index (χ0) is 20.1. The van der Waals surface area contributed by atoms with Crippen molar-refractivity contribution >= 4 is 22.1 Å². The number of sulfonamides is 1. The van der Waals surface area contributed by atoms with Crippen molar-refractivity contribution in [1.82, 2.24) is 4.31 Å². The van der Waals surface area contributed by atoms with Crippen molar-refractivity contribution in [3.05, 3.63) is 65.2 Å². The Morgan fingerprint density at radius 2 is 1.71 bits per heavy atom. The molecule has 1 saturated heterocycles. The number of ether oxygens (including phenoxy) is 2. The van der Waals surface area contributed by atoms with E-state index < -0.39 is 16.0 Å². The first-order chi connectivity index (χ1) is 13.4. The highest BCUT2D eigenvalue weighted by molar-refractivity contribution is 7.89. The van der Waals surface area contributed by atoms with E-state index >= 15 is 0 Å². The van der Waals surface area contributed by atoms with Crippen molar-refractivity contribution in [3.63, 3.8) is 0 Å². The zero-order valence-corrected chi connectivity index (χ0v) is 16.7. The van der Waals surface area contributed by atoms with Gasteiger partial charge in [0.25, 0.3) is 0 Å². The summed E-state index contributed by atoms with van der Waals surface area (Å²) in [6.07, 6.45) is 2.91. The fourth-order valence-corrected chi connectivity index (χ4v) is 4.19. The van der Waals surface area contributed by atoms with E-state index in [1.165, 1.54) is 10.4 Å². The molecule has 2 aromatic carbocycles. The fraction of sp³-hybridized carbons (Fsp3) is 0.286. The third kappa shape index (κ3) is 4.86. The van der Waals surface area contributed by atoms with Crippen LogP contribution in [0.15, 0.2) is 53.4 Å². The van der Waals surface area contributed by atoms with E-state index in [4.69, 9.17) is 9.47 Å². The van der Waals surface area contributed by atoms with Crippen molar-refractivity contribution in [1.29, 1.82) is 0 Å². The van der Waals surface area contributed by atoms with E-state index in [1.54, 1.807) is 36.4 Å². The molecule has 28 heavy (non-hydrogen) atoms. The van der Waals surface area contributed by atoms with Gasteiger partial charge in [-0.1, -0.05) is 18.2 Å². The van der Waals surface area contributed by atoms with Gasteiger partial charge in [0.15, 0.2) is 0 Å². The van der Waals surface area contributed by atoms with Crippen LogP contribution in [0.4, 0.5) is 0 Å². The largest absolute Gasteiger partial charge is 0.423 e. The average Bonchev–Trinajstić information content (AvgIpc) is 2.70. The van der Waals surface area contributed by atoms with Crippen LogP contribution in [-0.2, 0) is 19.6 Å². The van der Waals surface area contributed by atoms with Crippen LogP contribution in [0.25, 0.3) is 6.08 Å². The number of morpholine rings is 1. The predicted molar refractivity (Wildman–Crippen MR) is 107 cm³/mol. The van der Waals surface area contributed by atoms with Gasteiger partial charge in [-0.3, -0.25) is 0 Å². The van der Waals surface area contributed by atoms with Gasteiger partial charge in [0, 0.05) is 19.2 Å². The number of benzene rings is 2. The molecule has 7 heteroatoms. The monoisotopic (exact) mass is 401 g/mol. The number of nitrogens with zero attached hydrogens (tertiary/aromatic N) is 1. The van der Waals surface area contributed by atoms with Gasteiger partial charge in [0.05, 0.1) is 18.1 Å². The smallest absolute Gasteiger partial charge is 0.336 e. The molecule has 0 bridgehead atoms. The maximum absolute atomic E-state index is 12.6. The van der Waals surface area contributed by atoms with E-state index in [0.29, 0.717) is 37.6 Å². The molecule has 6 nitrogen and oxygen atoms in total. The third-order valence-electron chi connectivity index (χ3n) is 4.60. The maximum Gasteiger partial charge on any atom is 0.336 e. The second kappa shape index (κ2) is 8.68. The first kappa shape index (κ1) is 20.3. The minimum absolute atomic E-state index is 0.226. The summed E-state index contributed by atoms with van der Waals surface area (Å²) in [4.78, 5) is 12.2. The highest BCUT2D eigenvalue weighted by atomic mass is 32.2. The van der Waals surface area contributed by atoms with Crippen molar-refractivity contribution in [2.24, 2.45) is 0 Å². The number of hydrogen-bond acceptors (Lipinski definition) is 5. The number of aryl methyl sites for hydroxylation is 2. The minimum Gasteiger partial charge on any atom is -0.423 e. The molecule has 1 aliphatic rings. The average molecular weight is 401 g/mol. The second-order valence-corrected chi connectivity index (χ2v) is 8.52. The van der Waals surface area contributed by atoms with E-state index in [-0.39, 0.29) is 4.90 Å².